The van der Waals surface area contributed by atoms with Gasteiger partial charge < -0.3 is 5.32 Å². The summed E-state index contributed by atoms with van der Waals surface area (Å²) in [5.41, 5.74) is 11.1. The van der Waals surface area contributed by atoms with Crippen molar-refractivity contribution in [2.24, 2.45) is 0 Å². The van der Waals surface area contributed by atoms with Crippen molar-refractivity contribution >= 4 is 27.9 Å². The molecule has 2 aromatic heterocycles. The highest BCUT2D eigenvalue weighted by atomic mass is 15.1. The normalized spacial score (nSPS) is 11.2. The lowest BCUT2D eigenvalue weighted by Gasteiger charge is -2.19. The van der Waals surface area contributed by atoms with Crippen LogP contribution in [0.5, 0.6) is 0 Å². The Morgan fingerprint density at radius 2 is 1.34 bits per heavy atom. The van der Waals surface area contributed by atoms with Crippen molar-refractivity contribution in [2.45, 2.75) is 48.5 Å². The molecule has 0 aliphatic carbocycles. The maximum atomic E-state index is 9.77. The number of rotatable bonds is 2. The first-order valence-corrected chi connectivity index (χ1v) is 9.92. The lowest BCUT2D eigenvalue weighted by molar-refractivity contribution is 1.04. The molecule has 0 saturated heterocycles. The number of nitrogens with one attached hydrogen (secondary N) is 1. The van der Waals surface area contributed by atoms with Crippen molar-refractivity contribution in [3.63, 3.8) is 0 Å². The van der Waals surface area contributed by atoms with Gasteiger partial charge in [-0.25, -0.2) is 4.98 Å². The number of anilines is 2. The van der Waals surface area contributed by atoms with Gasteiger partial charge in [-0.3, -0.25) is 4.40 Å². The van der Waals surface area contributed by atoms with E-state index in [4.69, 9.17) is 4.98 Å². The lowest BCUT2D eigenvalue weighted by atomic mass is 9.93. The van der Waals surface area contributed by atoms with Crippen LogP contribution >= 0.6 is 0 Å². The molecule has 4 nitrogen and oxygen atoms in total. The van der Waals surface area contributed by atoms with Crippen LogP contribution in [0.25, 0.3) is 16.4 Å². The number of hydrogen-bond donors (Lipinski definition) is 1. The van der Waals surface area contributed by atoms with Gasteiger partial charge in [-0.2, -0.15) is 5.26 Å². The predicted molar refractivity (Wildman–Crippen MR) is 120 cm³/mol. The minimum absolute atomic E-state index is 0.703. The van der Waals surface area contributed by atoms with Gasteiger partial charge in [0.05, 0.1) is 11.3 Å². The third-order valence-corrected chi connectivity index (χ3v) is 6.60. The maximum absolute atomic E-state index is 9.77. The van der Waals surface area contributed by atoms with Gasteiger partial charge in [-0.05, 0) is 76.3 Å². The second kappa shape index (κ2) is 6.63. The summed E-state index contributed by atoms with van der Waals surface area (Å²) >= 11 is 0. The zero-order valence-electron chi connectivity index (χ0n) is 18.2. The highest BCUT2D eigenvalue weighted by Crippen LogP contribution is 2.35. The van der Waals surface area contributed by atoms with Crippen molar-refractivity contribution in [3.8, 4) is 6.07 Å². The van der Waals surface area contributed by atoms with E-state index in [2.05, 4.69) is 57.3 Å². The molecule has 0 unspecified atom stereocenters. The fourth-order valence-electron chi connectivity index (χ4n) is 4.36. The Balaban J connectivity index is 2.01. The summed E-state index contributed by atoms with van der Waals surface area (Å²) in [5, 5.41) is 15.3. The molecule has 0 atom stereocenters. The first-order chi connectivity index (χ1) is 13.8. The van der Waals surface area contributed by atoms with Crippen LogP contribution in [0.2, 0.25) is 0 Å². The van der Waals surface area contributed by atoms with Crippen LogP contribution in [0, 0.1) is 59.8 Å². The quantitative estimate of drug-likeness (QED) is 0.445. The molecule has 2 heterocycles. The van der Waals surface area contributed by atoms with E-state index in [1.165, 1.54) is 27.8 Å². The number of nitriles is 1. The van der Waals surface area contributed by atoms with Crippen LogP contribution in [0.15, 0.2) is 24.3 Å². The first kappa shape index (κ1) is 19.0. The van der Waals surface area contributed by atoms with Crippen LogP contribution in [-0.2, 0) is 0 Å². The van der Waals surface area contributed by atoms with Gasteiger partial charge >= 0.3 is 0 Å². The minimum atomic E-state index is 0.703. The average molecular weight is 383 g/mol. The van der Waals surface area contributed by atoms with Crippen molar-refractivity contribution in [2.75, 3.05) is 5.32 Å². The summed E-state index contributed by atoms with van der Waals surface area (Å²) in [6, 6.07) is 10.4. The second-order valence-corrected chi connectivity index (χ2v) is 7.95. The highest BCUT2D eigenvalue weighted by molar-refractivity contribution is 5.99. The second-order valence-electron chi connectivity index (χ2n) is 7.95. The molecule has 1 N–H and O–H groups in total. The maximum Gasteiger partial charge on any atom is 0.152 e. The number of aryl methyl sites for hydroxylation is 2. The number of aromatic nitrogens is 2. The largest absolute Gasteiger partial charge is 0.338 e. The van der Waals surface area contributed by atoms with Crippen LogP contribution in [0.1, 0.15) is 44.8 Å². The molecule has 146 valence electrons. The minimum Gasteiger partial charge on any atom is -0.338 e. The monoisotopic (exact) mass is 382 g/mol. The molecule has 4 rings (SSSR count). The fourth-order valence-corrected chi connectivity index (χ4v) is 4.36. The van der Waals surface area contributed by atoms with Gasteiger partial charge in [0.25, 0.3) is 0 Å². The smallest absolute Gasteiger partial charge is 0.152 e. The van der Waals surface area contributed by atoms with Gasteiger partial charge in [0.1, 0.15) is 11.7 Å². The summed E-state index contributed by atoms with van der Waals surface area (Å²) in [5.74, 6) is 0.835. The topological polar surface area (TPSA) is 53.1 Å². The van der Waals surface area contributed by atoms with E-state index in [-0.39, 0.29) is 0 Å². The standard InChI is InChI=1S/C25H26N4/c1-13-14(2)16(4)23(17(5)15(13)3)27-24-19(7)29-18(6)22(12-26)20-10-8-9-11-21(20)25(29)28-24/h8-11,27H,1-7H3. The average Bonchev–Trinajstić information content (AvgIpc) is 3.05. The molecular formula is C25H26N4. The fraction of sp³-hybridized carbons (Fsp3) is 0.280. The Hall–Kier alpha value is -3.32. The molecule has 0 aliphatic heterocycles. The van der Waals surface area contributed by atoms with E-state index in [0.717, 1.165) is 39.3 Å². The first-order valence-electron chi connectivity index (χ1n) is 9.92. The molecule has 29 heavy (non-hydrogen) atoms. The van der Waals surface area contributed by atoms with Crippen LogP contribution in [0.3, 0.4) is 0 Å². The molecule has 0 aliphatic rings. The number of hydrogen-bond acceptors (Lipinski definition) is 3. The van der Waals surface area contributed by atoms with Crippen LogP contribution in [-0.4, -0.2) is 9.38 Å². The Kier molecular flexibility index (Phi) is 4.35. The van der Waals surface area contributed by atoms with E-state index >= 15 is 0 Å². The van der Waals surface area contributed by atoms with Crippen molar-refractivity contribution in [1.29, 1.82) is 5.26 Å². The molecule has 0 spiro atoms. The summed E-state index contributed by atoms with van der Waals surface area (Å²) in [7, 11) is 0. The van der Waals surface area contributed by atoms with E-state index in [1.807, 2.05) is 31.2 Å². The van der Waals surface area contributed by atoms with Gasteiger partial charge in [0, 0.05) is 22.2 Å². The number of nitrogens with zero attached hydrogens (tertiary/aromatic N) is 3. The molecule has 0 amide bonds. The zero-order valence-corrected chi connectivity index (χ0v) is 18.2. The molecule has 0 radical (unpaired) electrons. The molecule has 0 fully saturated rings. The zero-order chi connectivity index (χ0) is 21.0. The van der Waals surface area contributed by atoms with E-state index in [0.29, 0.717) is 5.56 Å². The van der Waals surface area contributed by atoms with E-state index < -0.39 is 0 Å². The summed E-state index contributed by atoms with van der Waals surface area (Å²) < 4.78 is 2.10. The van der Waals surface area contributed by atoms with Gasteiger partial charge in [0.15, 0.2) is 5.82 Å². The molecule has 0 bridgehead atoms. The summed E-state index contributed by atoms with van der Waals surface area (Å²) in [6.07, 6.45) is 0. The third kappa shape index (κ3) is 2.61. The molecule has 0 saturated carbocycles. The van der Waals surface area contributed by atoms with Crippen LogP contribution < -0.4 is 5.32 Å². The number of pyridine rings is 1. The van der Waals surface area contributed by atoms with Crippen LogP contribution in [0.4, 0.5) is 11.5 Å². The highest BCUT2D eigenvalue weighted by Gasteiger charge is 2.19. The molecule has 2 aromatic carbocycles. The van der Waals surface area contributed by atoms with Gasteiger partial charge in [0.2, 0.25) is 0 Å². The number of benzene rings is 2. The van der Waals surface area contributed by atoms with Crippen molar-refractivity contribution in [3.05, 3.63) is 69.0 Å². The third-order valence-electron chi connectivity index (χ3n) is 6.60. The Morgan fingerprint density at radius 1 is 0.793 bits per heavy atom. The lowest BCUT2D eigenvalue weighted by Crippen LogP contribution is -2.04. The van der Waals surface area contributed by atoms with Crippen molar-refractivity contribution in [1.82, 2.24) is 9.38 Å². The molecule has 4 heteroatoms. The molecular weight excluding hydrogens is 356 g/mol. The Bertz CT molecular complexity index is 1320. The Morgan fingerprint density at radius 3 is 1.93 bits per heavy atom. The summed E-state index contributed by atoms with van der Waals surface area (Å²) in [4.78, 5) is 4.98. The van der Waals surface area contributed by atoms with E-state index in [9.17, 15) is 5.26 Å². The predicted octanol–water partition coefficient (Wildman–Crippen LogP) is 6.26. The molecule has 4 aromatic rings. The van der Waals surface area contributed by atoms with Gasteiger partial charge in [-0.15, -0.1) is 0 Å². The van der Waals surface area contributed by atoms with E-state index in [1.54, 1.807) is 0 Å². The summed E-state index contributed by atoms with van der Waals surface area (Å²) in [6.45, 7) is 14.9. The Labute approximate surface area is 171 Å². The SMILES string of the molecule is Cc1c(C)c(C)c(Nc2nc3c4ccccc4c(C#N)c(C)n3c2C)c(C)c1C. The number of imidazole rings is 1. The van der Waals surface area contributed by atoms with Gasteiger partial charge in [-0.1, -0.05) is 24.3 Å². The van der Waals surface area contributed by atoms with Crippen molar-refractivity contribution < 1.29 is 0 Å². The number of fused-ring (bicyclic) bond motifs is 3.